The Hall–Kier alpha value is -3.90. The van der Waals surface area contributed by atoms with Crippen LogP contribution in [0, 0.1) is 42.9 Å². The maximum Gasteiger partial charge on any atom is 0.307 e. The highest BCUT2D eigenvalue weighted by Crippen LogP contribution is 2.44. The summed E-state index contributed by atoms with van der Waals surface area (Å²) >= 11 is 1.59. The van der Waals surface area contributed by atoms with E-state index in [1.54, 1.807) is 24.5 Å². The lowest BCUT2D eigenvalue weighted by Gasteiger charge is -2.35. The molecule has 2 fully saturated rings. The summed E-state index contributed by atoms with van der Waals surface area (Å²) in [5.74, 6) is 0.0204. The molecule has 1 aromatic heterocycles. The second-order valence-corrected chi connectivity index (χ2v) is 11.5. The topological polar surface area (TPSA) is 107 Å². The molecular formula is C30H32N4O4S. The van der Waals surface area contributed by atoms with Crippen molar-refractivity contribution in [3.8, 4) is 23.1 Å². The fraction of sp³-hybridized carbons (Fsp3) is 0.400. The van der Waals surface area contributed by atoms with Crippen LogP contribution in [0.4, 0.5) is 5.13 Å². The Kier molecular flexibility index (Phi) is 7.58. The third-order valence-corrected chi connectivity index (χ3v) is 8.82. The van der Waals surface area contributed by atoms with E-state index in [4.69, 9.17) is 15.0 Å². The third kappa shape index (κ3) is 5.48. The summed E-state index contributed by atoms with van der Waals surface area (Å²) in [7, 11) is 1.61. The number of anilines is 1. The number of rotatable bonds is 8. The second-order valence-electron chi connectivity index (χ2n) is 10.6. The molecule has 9 heteroatoms. The Labute approximate surface area is 232 Å². The van der Waals surface area contributed by atoms with E-state index in [0.717, 1.165) is 64.8 Å². The molecule has 1 saturated carbocycles. The maximum atomic E-state index is 12.5. The number of aryl methyl sites for hydroxylation is 2. The highest BCUT2D eigenvalue weighted by Gasteiger charge is 2.46. The van der Waals surface area contributed by atoms with Gasteiger partial charge in [-0.05, 0) is 73.9 Å². The minimum Gasteiger partial charge on any atom is -0.488 e. The minimum absolute atomic E-state index is 0.0407. The molecule has 2 aromatic carbocycles. The number of nitrogens with zero attached hydrogens (tertiary/aromatic N) is 4. The van der Waals surface area contributed by atoms with Crippen molar-refractivity contribution in [1.82, 2.24) is 9.88 Å². The lowest BCUT2D eigenvalue weighted by Crippen LogP contribution is -2.44. The average molecular weight is 545 g/mol. The van der Waals surface area contributed by atoms with Crippen LogP contribution in [0.25, 0.3) is 11.3 Å². The van der Waals surface area contributed by atoms with Gasteiger partial charge < -0.3 is 19.6 Å². The van der Waals surface area contributed by atoms with E-state index < -0.39 is 5.97 Å². The van der Waals surface area contributed by atoms with E-state index in [2.05, 4.69) is 11.0 Å². The zero-order valence-electron chi connectivity index (χ0n) is 22.4. The molecule has 1 aliphatic carbocycles. The zero-order chi connectivity index (χ0) is 27.7. The van der Waals surface area contributed by atoms with Crippen molar-refractivity contribution in [2.45, 2.75) is 33.3 Å². The Balaban J connectivity index is 1.31. The zero-order valence-corrected chi connectivity index (χ0v) is 23.2. The molecule has 39 heavy (non-hydrogen) atoms. The number of fused-ring (bicyclic) bond motifs is 2. The smallest absolute Gasteiger partial charge is 0.307 e. The number of piperidine rings is 1. The summed E-state index contributed by atoms with van der Waals surface area (Å²) in [5, 5.41) is 21.5. The molecule has 1 unspecified atom stereocenters. The Morgan fingerprint density at radius 2 is 1.92 bits per heavy atom. The van der Waals surface area contributed by atoms with Gasteiger partial charge in [0.05, 0.1) is 17.7 Å². The number of carboxylic acid groups (broad SMARTS) is 1. The summed E-state index contributed by atoms with van der Waals surface area (Å²) < 4.78 is 6.29. The molecule has 202 valence electrons. The first-order valence-electron chi connectivity index (χ1n) is 13.1. The van der Waals surface area contributed by atoms with Crippen molar-refractivity contribution < 1.29 is 19.4 Å². The van der Waals surface area contributed by atoms with Gasteiger partial charge in [-0.25, -0.2) is 4.98 Å². The number of hydrogen-bond acceptors (Lipinski definition) is 7. The van der Waals surface area contributed by atoms with E-state index in [0.29, 0.717) is 12.2 Å². The van der Waals surface area contributed by atoms with Crippen LogP contribution in [-0.2, 0) is 11.4 Å². The third-order valence-electron chi connectivity index (χ3n) is 7.92. The highest BCUT2D eigenvalue weighted by atomic mass is 32.1. The molecule has 1 amide bonds. The maximum absolute atomic E-state index is 12.5. The predicted molar refractivity (Wildman–Crippen MR) is 150 cm³/mol. The lowest BCUT2D eigenvalue weighted by molar-refractivity contribution is -0.144. The van der Waals surface area contributed by atoms with Gasteiger partial charge in [-0.1, -0.05) is 17.7 Å². The molecule has 5 rings (SSSR count). The number of ether oxygens (including phenoxy) is 1. The summed E-state index contributed by atoms with van der Waals surface area (Å²) in [6, 6.07) is 13.5. The molecule has 0 spiro atoms. The van der Waals surface area contributed by atoms with E-state index in [9.17, 15) is 14.7 Å². The SMILES string of the molecule is Cc1ccc(OCc2ccc(C(=O)N(C)CC#N)cc2C)c(-c2csc(N3C[C@H]4CC[C@@H](C3)C4C(=O)O)n2)c1. The Morgan fingerprint density at radius 1 is 1.18 bits per heavy atom. The number of benzene rings is 2. The van der Waals surface area contributed by atoms with Gasteiger partial charge in [0.1, 0.15) is 18.9 Å². The summed E-state index contributed by atoms with van der Waals surface area (Å²) in [5.41, 5.74) is 5.32. The van der Waals surface area contributed by atoms with Crippen molar-refractivity contribution in [3.05, 3.63) is 64.0 Å². The van der Waals surface area contributed by atoms with Gasteiger partial charge in [0, 0.05) is 36.6 Å². The minimum atomic E-state index is -0.661. The van der Waals surface area contributed by atoms with Gasteiger partial charge in [-0.15, -0.1) is 11.3 Å². The summed E-state index contributed by atoms with van der Waals surface area (Å²) in [6.45, 7) is 5.84. The number of hydrogen-bond donors (Lipinski definition) is 1. The fourth-order valence-corrected chi connectivity index (χ4v) is 6.68. The van der Waals surface area contributed by atoms with Crippen molar-refractivity contribution in [2.24, 2.45) is 17.8 Å². The monoisotopic (exact) mass is 544 g/mol. The quantitative estimate of drug-likeness (QED) is 0.391. The number of carbonyl (C=O) groups excluding carboxylic acids is 1. The van der Waals surface area contributed by atoms with Crippen molar-refractivity contribution in [3.63, 3.8) is 0 Å². The molecule has 2 bridgehead atoms. The van der Waals surface area contributed by atoms with Crippen molar-refractivity contribution in [1.29, 1.82) is 5.26 Å². The molecule has 2 aliphatic rings. The first-order chi connectivity index (χ1) is 18.7. The Morgan fingerprint density at radius 3 is 2.59 bits per heavy atom. The Bertz CT molecular complexity index is 1430. The predicted octanol–water partition coefficient (Wildman–Crippen LogP) is 5.15. The molecule has 2 heterocycles. The number of nitriles is 1. The molecule has 8 nitrogen and oxygen atoms in total. The van der Waals surface area contributed by atoms with Crippen LogP contribution in [-0.4, -0.2) is 53.5 Å². The molecule has 3 aromatic rings. The van der Waals surface area contributed by atoms with Crippen LogP contribution < -0.4 is 9.64 Å². The van der Waals surface area contributed by atoms with Gasteiger partial charge in [0.2, 0.25) is 0 Å². The van der Waals surface area contributed by atoms with Gasteiger partial charge in [-0.2, -0.15) is 5.26 Å². The van der Waals surface area contributed by atoms with Crippen LogP contribution >= 0.6 is 11.3 Å². The van der Waals surface area contributed by atoms with Gasteiger partial charge in [-0.3, -0.25) is 9.59 Å². The van der Waals surface area contributed by atoms with Crippen LogP contribution in [0.15, 0.2) is 41.8 Å². The lowest BCUT2D eigenvalue weighted by atomic mass is 9.85. The van der Waals surface area contributed by atoms with Crippen molar-refractivity contribution in [2.75, 3.05) is 31.6 Å². The van der Waals surface area contributed by atoms with E-state index >= 15 is 0 Å². The fourth-order valence-electron chi connectivity index (χ4n) is 5.83. The number of carbonyl (C=O) groups is 2. The molecular weight excluding hydrogens is 512 g/mol. The number of thiazole rings is 1. The van der Waals surface area contributed by atoms with Gasteiger partial charge in [0.25, 0.3) is 5.91 Å². The standard InChI is InChI=1S/C30H32N4O4S/c1-18-4-9-26(38-16-23-8-5-20(13-19(23)2)28(35)33(3)11-10-31)24(12-18)25-17-39-30(32-25)34-14-21-6-7-22(15-34)27(21)29(36)37/h4-5,8-9,12-13,17,21-22,27H,6-7,11,14-16H2,1-3H3,(H,36,37)/t21-,22+,27?. The first kappa shape index (κ1) is 26.7. The summed E-state index contributed by atoms with van der Waals surface area (Å²) in [4.78, 5) is 32.9. The van der Waals surface area contributed by atoms with E-state index in [1.165, 1.54) is 4.90 Å². The van der Waals surface area contributed by atoms with Crippen LogP contribution in [0.5, 0.6) is 5.75 Å². The second kappa shape index (κ2) is 11.1. The highest BCUT2D eigenvalue weighted by molar-refractivity contribution is 7.14. The molecule has 1 aliphatic heterocycles. The average Bonchev–Trinajstić information content (AvgIpc) is 3.51. The molecule has 1 saturated heterocycles. The van der Waals surface area contributed by atoms with Gasteiger partial charge >= 0.3 is 5.97 Å². The van der Waals surface area contributed by atoms with Crippen LogP contribution in [0.1, 0.15) is 39.9 Å². The van der Waals surface area contributed by atoms with E-state index in [1.807, 2.05) is 49.6 Å². The first-order valence-corrected chi connectivity index (χ1v) is 14.0. The normalized spacial score (nSPS) is 19.9. The number of carboxylic acids is 1. The molecule has 0 radical (unpaired) electrons. The molecule has 3 atom stereocenters. The number of amides is 1. The molecule has 1 N–H and O–H groups in total. The largest absolute Gasteiger partial charge is 0.488 e. The van der Waals surface area contributed by atoms with Crippen LogP contribution in [0.3, 0.4) is 0 Å². The number of aliphatic carboxylic acids is 1. The van der Waals surface area contributed by atoms with E-state index in [-0.39, 0.29) is 30.2 Å². The van der Waals surface area contributed by atoms with Crippen molar-refractivity contribution >= 4 is 28.3 Å². The van der Waals surface area contributed by atoms with Crippen LogP contribution in [0.2, 0.25) is 0 Å². The number of aromatic nitrogens is 1. The van der Waals surface area contributed by atoms with Gasteiger partial charge in [0.15, 0.2) is 5.13 Å². The summed E-state index contributed by atoms with van der Waals surface area (Å²) in [6.07, 6.45) is 1.94.